The first-order valence-corrected chi connectivity index (χ1v) is 8.24. The number of benzene rings is 1. The van der Waals surface area contributed by atoms with E-state index in [9.17, 15) is 0 Å². The number of fused-ring (bicyclic) bond motifs is 1. The molecule has 0 N–H and O–H groups in total. The molecule has 3 nitrogen and oxygen atoms in total. The largest absolute Gasteiger partial charge is 0.377 e. The standard InChI is InChI=1S/C16H19BrN2O/c1-2-14-11-20-8-7-19(14)16-13(10-17)9-12-5-3-4-6-15(12)18-16/h3-6,9,14H,2,7-8,10-11H2,1H3. The summed E-state index contributed by atoms with van der Waals surface area (Å²) < 4.78 is 5.60. The number of morpholine rings is 1. The fraction of sp³-hybridized carbons (Fsp3) is 0.438. The number of rotatable bonds is 3. The average Bonchev–Trinajstić information content (AvgIpc) is 2.53. The summed E-state index contributed by atoms with van der Waals surface area (Å²) in [5.74, 6) is 1.11. The van der Waals surface area contributed by atoms with Crippen LogP contribution >= 0.6 is 15.9 Å². The third kappa shape index (κ3) is 2.54. The zero-order valence-electron chi connectivity index (χ0n) is 11.7. The Balaban J connectivity index is 2.08. The van der Waals surface area contributed by atoms with Crippen molar-refractivity contribution in [1.82, 2.24) is 4.98 Å². The monoisotopic (exact) mass is 334 g/mol. The lowest BCUT2D eigenvalue weighted by Gasteiger charge is -2.37. The van der Waals surface area contributed by atoms with Gasteiger partial charge in [-0.3, -0.25) is 0 Å². The maximum atomic E-state index is 5.60. The maximum Gasteiger partial charge on any atom is 0.133 e. The third-order valence-electron chi connectivity index (χ3n) is 3.89. The SMILES string of the molecule is CCC1COCCN1c1nc2ccccc2cc1CBr. The Morgan fingerprint density at radius 3 is 3.05 bits per heavy atom. The molecule has 0 saturated carbocycles. The van der Waals surface area contributed by atoms with Crippen molar-refractivity contribution >= 4 is 32.7 Å². The minimum Gasteiger partial charge on any atom is -0.377 e. The van der Waals surface area contributed by atoms with Gasteiger partial charge in [0.05, 0.1) is 24.8 Å². The second kappa shape index (κ2) is 6.10. The fourth-order valence-electron chi connectivity index (χ4n) is 2.77. The van der Waals surface area contributed by atoms with Crippen LogP contribution in [0.25, 0.3) is 10.9 Å². The summed E-state index contributed by atoms with van der Waals surface area (Å²) in [6.07, 6.45) is 1.08. The summed E-state index contributed by atoms with van der Waals surface area (Å²) in [7, 11) is 0. The summed E-state index contributed by atoms with van der Waals surface area (Å²) in [6.45, 7) is 4.71. The minimum absolute atomic E-state index is 0.426. The molecule has 0 aliphatic carbocycles. The van der Waals surface area contributed by atoms with Crippen molar-refractivity contribution in [1.29, 1.82) is 0 Å². The highest BCUT2D eigenvalue weighted by atomic mass is 79.9. The van der Waals surface area contributed by atoms with Crippen LogP contribution in [0, 0.1) is 0 Å². The van der Waals surface area contributed by atoms with Crippen molar-refractivity contribution in [3.8, 4) is 0 Å². The van der Waals surface area contributed by atoms with Gasteiger partial charge in [0.25, 0.3) is 0 Å². The molecule has 1 aliphatic heterocycles. The van der Waals surface area contributed by atoms with Crippen LogP contribution in [-0.4, -0.2) is 30.8 Å². The first-order valence-electron chi connectivity index (χ1n) is 7.12. The number of para-hydroxylation sites is 1. The molecular weight excluding hydrogens is 316 g/mol. The Bertz CT molecular complexity index is 602. The van der Waals surface area contributed by atoms with Gasteiger partial charge in [-0.2, -0.15) is 0 Å². The van der Waals surface area contributed by atoms with E-state index in [4.69, 9.17) is 9.72 Å². The van der Waals surface area contributed by atoms with Crippen molar-refractivity contribution in [3.63, 3.8) is 0 Å². The number of pyridine rings is 1. The number of alkyl halides is 1. The Morgan fingerprint density at radius 1 is 1.40 bits per heavy atom. The first kappa shape index (κ1) is 13.8. The van der Waals surface area contributed by atoms with Crippen LogP contribution in [0.4, 0.5) is 5.82 Å². The van der Waals surface area contributed by atoms with Crippen molar-refractivity contribution in [2.45, 2.75) is 24.7 Å². The summed E-state index contributed by atoms with van der Waals surface area (Å²) in [5.41, 5.74) is 2.32. The number of halogens is 1. The highest BCUT2D eigenvalue weighted by Gasteiger charge is 2.24. The summed E-state index contributed by atoms with van der Waals surface area (Å²) in [5, 5.41) is 2.03. The van der Waals surface area contributed by atoms with Gasteiger partial charge in [0.2, 0.25) is 0 Å². The van der Waals surface area contributed by atoms with Gasteiger partial charge in [-0.05, 0) is 18.6 Å². The molecule has 1 unspecified atom stereocenters. The van der Waals surface area contributed by atoms with Crippen LogP contribution in [0.3, 0.4) is 0 Å². The molecule has 1 aromatic carbocycles. The molecule has 0 amide bonds. The molecule has 1 atom stereocenters. The van der Waals surface area contributed by atoms with Gasteiger partial charge in [-0.15, -0.1) is 0 Å². The molecule has 0 spiro atoms. The topological polar surface area (TPSA) is 25.4 Å². The quantitative estimate of drug-likeness (QED) is 0.799. The molecule has 3 rings (SSSR count). The van der Waals surface area contributed by atoms with Crippen molar-refractivity contribution in [2.75, 3.05) is 24.7 Å². The van der Waals surface area contributed by atoms with E-state index in [1.54, 1.807) is 0 Å². The van der Waals surface area contributed by atoms with Gasteiger partial charge in [0.1, 0.15) is 5.82 Å². The Kier molecular flexibility index (Phi) is 4.22. The van der Waals surface area contributed by atoms with E-state index in [0.29, 0.717) is 6.04 Å². The summed E-state index contributed by atoms with van der Waals surface area (Å²) in [6, 6.07) is 11.0. The number of hydrogen-bond donors (Lipinski definition) is 0. The van der Waals surface area contributed by atoms with E-state index >= 15 is 0 Å². The van der Waals surface area contributed by atoms with Crippen LogP contribution in [0.5, 0.6) is 0 Å². The van der Waals surface area contributed by atoms with E-state index < -0.39 is 0 Å². The number of hydrogen-bond acceptors (Lipinski definition) is 3. The lowest BCUT2D eigenvalue weighted by Crippen LogP contribution is -2.46. The molecule has 2 heterocycles. The van der Waals surface area contributed by atoms with E-state index in [2.05, 4.69) is 52.0 Å². The van der Waals surface area contributed by atoms with Crippen molar-refractivity contribution in [2.24, 2.45) is 0 Å². The molecule has 1 aromatic heterocycles. The molecule has 0 bridgehead atoms. The Hall–Kier alpha value is -1.13. The number of anilines is 1. The molecule has 106 valence electrons. The van der Waals surface area contributed by atoms with Gasteiger partial charge < -0.3 is 9.64 Å². The minimum atomic E-state index is 0.426. The van der Waals surface area contributed by atoms with Crippen LogP contribution in [0.2, 0.25) is 0 Å². The predicted molar refractivity (Wildman–Crippen MR) is 86.6 cm³/mol. The van der Waals surface area contributed by atoms with Gasteiger partial charge in [-0.1, -0.05) is 41.1 Å². The van der Waals surface area contributed by atoms with Crippen molar-refractivity contribution in [3.05, 3.63) is 35.9 Å². The van der Waals surface area contributed by atoms with Crippen LogP contribution in [-0.2, 0) is 10.1 Å². The third-order valence-corrected chi connectivity index (χ3v) is 4.50. The number of nitrogens with zero attached hydrogens (tertiary/aromatic N) is 2. The van der Waals surface area contributed by atoms with Gasteiger partial charge in [-0.25, -0.2) is 4.98 Å². The highest BCUT2D eigenvalue weighted by Crippen LogP contribution is 2.28. The van der Waals surface area contributed by atoms with Gasteiger partial charge in [0.15, 0.2) is 0 Å². The first-order chi connectivity index (χ1) is 9.83. The van der Waals surface area contributed by atoms with Crippen LogP contribution < -0.4 is 4.90 Å². The normalized spacial score (nSPS) is 19.5. The van der Waals surface area contributed by atoms with Crippen molar-refractivity contribution < 1.29 is 4.74 Å². The highest BCUT2D eigenvalue weighted by molar-refractivity contribution is 9.08. The molecule has 1 aliphatic rings. The fourth-order valence-corrected chi connectivity index (χ4v) is 3.18. The Labute approximate surface area is 128 Å². The van der Waals surface area contributed by atoms with Crippen LogP contribution in [0.15, 0.2) is 30.3 Å². The molecule has 2 aromatic rings. The maximum absolute atomic E-state index is 5.60. The Morgan fingerprint density at radius 2 is 2.25 bits per heavy atom. The van der Waals surface area contributed by atoms with Gasteiger partial charge >= 0.3 is 0 Å². The zero-order valence-corrected chi connectivity index (χ0v) is 13.3. The number of aromatic nitrogens is 1. The van der Waals surface area contributed by atoms with E-state index in [-0.39, 0.29) is 0 Å². The summed E-state index contributed by atoms with van der Waals surface area (Å²) >= 11 is 3.60. The molecule has 4 heteroatoms. The molecular formula is C16H19BrN2O. The lowest BCUT2D eigenvalue weighted by atomic mass is 10.1. The zero-order chi connectivity index (χ0) is 13.9. The van der Waals surface area contributed by atoms with E-state index in [0.717, 1.165) is 42.8 Å². The summed E-state index contributed by atoms with van der Waals surface area (Å²) in [4.78, 5) is 7.32. The van der Waals surface area contributed by atoms with E-state index in [1.807, 2.05) is 6.07 Å². The van der Waals surface area contributed by atoms with Gasteiger partial charge in [0, 0.05) is 22.8 Å². The average molecular weight is 335 g/mol. The van der Waals surface area contributed by atoms with Crippen LogP contribution in [0.1, 0.15) is 18.9 Å². The lowest BCUT2D eigenvalue weighted by molar-refractivity contribution is 0.0925. The second-order valence-electron chi connectivity index (χ2n) is 5.13. The molecule has 0 radical (unpaired) electrons. The smallest absolute Gasteiger partial charge is 0.133 e. The molecule has 1 fully saturated rings. The van der Waals surface area contributed by atoms with E-state index in [1.165, 1.54) is 10.9 Å². The predicted octanol–water partition coefficient (Wildman–Crippen LogP) is 3.74. The molecule has 20 heavy (non-hydrogen) atoms. The number of ether oxygens (including phenoxy) is 1. The second-order valence-corrected chi connectivity index (χ2v) is 5.69. The molecule has 1 saturated heterocycles.